The fourth-order valence-electron chi connectivity index (χ4n) is 1.62. The number of benzene rings is 1. The van der Waals surface area contributed by atoms with Gasteiger partial charge in [-0.15, -0.1) is 0 Å². The van der Waals surface area contributed by atoms with Gasteiger partial charge in [-0.1, -0.05) is 29.4 Å². The fraction of sp³-hybridized carbons (Fsp3) is 0.143. The summed E-state index contributed by atoms with van der Waals surface area (Å²) in [5, 5.41) is 13.6. The Hall–Kier alpha value is -1.54. The van der Waals surface area contributed by atoms with Gasteiger partial charge in [0.25, 0.3) is 0 Å². The first-order chi connectivity index (χ1) is 9.24. The number of nitrogens with zero attached hydrogens (tertiary/aromatic N) is 2. The number of nitriles is 1. The number of hydrogen-bond acceptors (Lipinski definition) is 4. The molecule has 0 bridgehead atoms. The van der Waals surface area contributed by atoms with Crippen LogP contribution in [0.25, 0.3) is 0 Å². The van der Waals surface area contributed by atoms with Crippen LogP contribution in [0, 0.1) is 11.3 Å². The van der Waals surface area contributed by atoms with Gasteiger partial charge in [0.2, 0.25) is 0 Å². The van der Waals surface area contributed by atoms with Gasteiger partial charge in [-0.05, 0) is 36.9 Å². The standard InChI is InChI=1S/C14H12ClN3S/c1-17-9-10-4-5-13(11(7-10)8-16)19-14-12(15)3-2-6-18-14/h2-7,17H,9H2,1H3. The molecule has 0 amide bonds. The molecule has 5 heteroatoms. The monoisotopic (exact) mass is 289 g/mol. The summed E-state index contributed by atoms with van der Waals surface area (Å²) in [4.78, 5) is 5.08. The average Bonchev–Trinajstić information content (AvgIpc) is 2.43. The SMILES string of the molecule is CNCc1ccc(Sc2ncccc2Cl)c(C#N)c1. The maximum absolute atomic E-state index is 9.22. The lowest BCUT2D eigenvalue weighted by Gasteiger charge is -2.07. The van der Waals surface area contributed by atoms with Crippen LogP contribution in [0.4, 0.5) is 0 Å². The highest BCUT2D eigenvalue weighted by atomic mass is 35.5. The predicted octanol–water partition coefficient (Wildman–Crippen LogP) is 3.48. The number of aromatic nitrogens is 1. The molecule has 0 unspecified atom stereocenters. The van der Waals surface area contributed by atoms with Crippen molar-refractivity contribution >= 4 is 23.4 Å². The van der Waals surface area contributed by atoms with Crippen LogP contribution in [0.1, 0.15) is 11.1 Å². The van der Waals surface area contributed by atoms with E-state index in [1.54, 1.807) is 18.3 Å². The molecule has 0 aliphatic heterocycles. The topological polar surface area (TPSA) is 48.7 Å². The Morgan fingerprint density at radius 3 is 2.95 bits per heavy atom. The lowest BCUT2D eigenvalue weighted by atomic mass is 10.1. The van der Waals surface area contributed by atoms with E-state index in [0.717, 1.165) is 17.0 Å². The Kier molecular flexibility index (Phi) is 4.80. The summed E-state index contributed by atoms with van der Waals surface area (Å²) in [5.41, 5.74) is 1.72. The zero-order valence-electron chi connectivity index (χ0n) is 10.4. The van der Waals surface area contributed by atoms with E-state index in [-0.39, 0.29) is 0 Å². The first-order valence-corrected chi connectivity index (χ1v) is 6.90. The van der Waals surface area contributed by atoms with Crippen LogP contribution >= 0.6 is 23.4 Å². The lowest BCUT2D eigenvalue weighted by Crippen LogP contribution is -2.05. The van der Waals surface area contributed by atoms with Crippen molar-refractivity contribution in [1.29, 1.82) is 5.26 Å². The molecule has 0 aliphatic rings. The molecule has 2 aromatic rings. The van der Waals surface area contributed by atoms with Gasteiger partial charge in [-0.25, -0.2) is 4.98 Å². The molecular formula is C14H12ClN3S. The van der Waals surface area contributed by atoms with Crippen molar-refractivity contribution in [3.8, 4) is 6.07 Å². The van der Waals surface area contributed by atoms with Gasteiger partial charge in [0.15, 0.2) is 0 Å². The van der Waals surface area contributed by atoms with Crippen LogP contribution < -0.4 is 5.32 Å². The Labute approximate surface area is 121 Å². The highest BCUT2D eigenvalue weighted by Gasteiger charge is 2.08. The van der Waals surface area contributed by atoms with Crippen LogP contribution in [0.15, 0.2) is 46.5 Å². The van der Waals surface area contributed by atoms with Crippen molar-refractivity contribution in [3.63, 3.8) is 0 Å². The number of pyridine rings is 1. The quantitative estimate of drug-likeness (QED) is 0.936. The van der Waals surface area contributed by atoms with Gasteiger partial charge in [0, 0.05) is 17.6 Å². The molecule has 1 aromatic carbocycles. The van der Waals surface area contributed by atoms with E-state index in [1.807, 2.05) is 25.2 Å². The van der Waals surface area contributed by atoms with Crippen molar-refractivity contribution in [2.45, 2.75) is 16.5 Å². The van der Waals surface area contributed by atoms with Crippen molar-refractivity contribution in [2.24, 2.45) is 0 Å². The van der Waals surface area contributed by atoms with E-state index in [0.29, 0.717) is 15.6 Å². The minimum atomic E-state index is 0.593. The summed E-state index contributed by atoms with van der Waals surface area (Å²) in [5.74, 6) is 0. The fourth-order valence-corrected chi connectivity index (χ4v) is 2.69. The molecule has 0 fully saturated rings. The Morgan fingerprint density at radius 2 is 2.26 bits per heavy atom. The Balaban J connectivity index is 2.31. The summed E-state index contributed by atoms with van der Waals surface area (Å²) in [6.07, 6.45) is 1.69. The number of hydrogen-bond donors (Lipinski definition) is 1. The summed E-state index contributed by atoms with van der Waals surface area (Å²) in [6, 6.07) is 11.6. The minimum absolute atomic E-state index is 0.593. The number of nitrogens with one attached hydrogen (secondary N) is 1. The minimum Gasteiger partial charge on any atom is -0.316 e. The highest BCUT2D eigenvalue weighted by Crippen LogP contribution is 2.33. The normalized spacial score (nSPS) is 10.2. The first kappa shape index (κ1) is 13.9. The van der Waals surface area contributed by atoms with Crippen LogP contribution in [-0.2, 0) is 6.54 Å². The smallest absolute Gasteiger partial charge is 0.119 e. The third-order valence-electron chi connectivity index (χ3n) is 2.48. The molecule has 96 valence electrons. The number of halogens is 1. The zero-order chi connectivity index (χ0) is 13.7. The van der Waals surface area contributed by atoms with Crippen LogP contribution in [0.3, 0.4) is 0 Å². The summed E-state index contributed by atoms with van der Waals surface area (Å²) in [6.45, 7) is 0.740. The zero-order valence-corrected chi connectivity index (χ0v) is 11.9. The third-order valence-corrected chi connectivity index (χ3v) is 3.99. The molecule has 0 atom stereocenters. The molecule has 3 nitrogen and oxygen atoms in total. The second-order valence-corrected chi connectivity index (χ2v) is 5.30. The summed E-state index contributed by atoms with van der Waals surface area (Å²) < 4.78 is 0. The van der Waals surface area contributed by atoms with Crippen molar-refractivity contribution < 1.29 is 0 Å². The second-order valence-electron chi connectivity index (χ2n) is 3.87. The van der Waals surface area contributed by atoms with E-state index in [1.165, 1.54) is 11.8 Å². The molecular weight excluding hydrogens is 278 g/mol. The molecule has 19 heavy (non-hydrogen) atoms. The van der Waals surface area contributed by atoms with Crippen molar-refractivity contribution in [1.82, 2.24) is 10.3 Å². The summed E-state index contributed by atoms with van der Waals surface area (Å²) in [7, 11) is 1.88. The van der Waals surface area contributed by atoms with Crippen LogP contribution in [0.5, 0.6) is 0 Å². The third kappa shape index (κ3) is 3.48. The Bertz CT molecular complexity index is 622. The maximum Gasteiger partial charge on any atom is 0.119 e. The van der Waals surface area contributed by atoms with Gasteiger partial charge in [0.05, 0.1) is 10.6 Å². The summed E-state index contributed by atoms with van der Waals surface area (Å²) >= 11 is 7.48. The van der Waals surface area contributed by atoms with E-state index in [2.05, 4.69) is 16.4 Å². The molecule has 0 saturated heterocycles. The molecule has 1 heterocycles. The van der Waals surface area contributed by atoms with Gasteiger partial charge in [0.1, 0.15) is 11.1 Å². The largest absolute Gasteiger partial charge is 0.316 e. The molecule has 0 saturated carbocycles. The Morgan fingerprint density at radius 1 is 1.42 bits per heavy atom. The van der Waals surface area contributed by atoms with Gasteiger partial charge in [-0.3, -0.25) is 0 Å². The molecule has 0 spiro atoms. The predicted molar refractivity (Wildman–Crippen MR) is 77.3 cm³/mol. The molecule has 1 N–H and O–H groups in total. The molecule has 0 aliphatic carbocycles. The highest BCUT2D eigenvalue weighted by molar-refractivity contribution is 7.99. The van der Waals surface area contributed by atoms with Crippen molar-refractivity contribution in [3.05, 3.63) is 52.7 Å². The number of rotatable bonds is 4. The first-order valence-electron chi connectivity index (χ1n) is 5.70. The van der Waals surface area contributed by atoms with E-state index < -0.39 is 0 Å². The average molecular weight is 290 g/mol. The van der Waals surface area contributed by atoms with Gasteiger partial charge in [-0.2, -0.15) is 5.26 Å². The maximum atomic E-state index is 9.22. The molecule has 0 radical (unpaired) electrons. The second kappa shape index (κ2) is 6.58. The molecule has 1 aromatic heterocycles. The van der Waals surface area contributed by atoms with Crippen molar-refractivity contribution in [2.75, 3.05) is 7.05 Å². The lowest BCUT2D eigenvalue weighted by molar-refractivity contribution is 0.816. The van der Waals surface area contributed by atoms with E-state index in [9.17, 15) is 5.26 Å². The van der Waals surface area contributed by atoms with Gasteiger partial charge >= 0.3 is 0 Å². The van der Waals surface area contributed by atoms with E-state index in [4.69, 9.17) is 11.6 Å². The molecule has 2 rings (SSSR count). The van der Waals surface area contributed by atoms with Crippen LogP contribution in [-0.4, -0.2) is 12.0 Å². The van der Waals surface area contributed by atoms with Crippen LogP contribution in [0.2, 0.25) is 5.02 Å². The van der Waals surface area contributed by atoms with Gasteiger partial charge < -0.3 is 5.32 Å². The van der Waals surface area contributed by atoms with E-state index >= 15 is 0 Å².